The SMILES string of the molecule is CC1C2CN(C=O)[C@H](C(=O)Nc3nc(Br)ccc3CN(C)C)C12. The van der Waals surface area contributed by atoms with Crippen molar-refractivity contribution in [2.75, 3.05) is 26.0 Å². The normalized spacial score (nSPS) is 28.7. The molecule has 2 amide bonds. The minimum Gasteiger partial charge on any atom is -0.333 e. The van der Waals surface area contributed by atoms with E-state index in [4.69, 9.17) is 0 Å². The number of fused-ring (bicyclic) bond motifs is 1. The summed E-state index contributed by atoms with van der Waals surface area (Å²) in [5.74, 6) is 1.68. The van der Waals surface area contributed by atoms with Crippen molar-refractivity contribution in [1.82, 2.24) is 14.8 Å². The van der Waals surface area contributed by atoms with Crippen molar-refractivity contribution in [2.45, 2.75) is 19.5 Å². The number of rotatable bonds is 5. The molecule has 1 saturated carbocycles. The van der Waals surface area contributed by atoms with E-state index in [-0.39, 0.29) is 17.9 Å². The molecule has 124 valence electrons. The number of carbonyl (C=O) groups is 2. The Morgan fingerprint density at radius 1 is 1.52 bits per heavy atom. The molecule has 1 aliphatic carbocycles. The number of nitrogens with zero attached hydrogens (tertiary/aromatic N) is 3. The molecule has 2 heterocycles. The molecule has 4 atom stereocenters. The van der Waals surface area contributed by atoms with Gasteiger partial charge in [-0.2, -0.15) is 0 Å². The zero-order valence-electron chi connectivity index (χ0n) is 13.5. The van der Waals surface area contributed by atoms with Gasteiger partial charge in [0, 0.05) is 18.7 Å². The van der Waals surface area contributed by atoms with Gasteiger partial charge in [-0.3, -0.25) is 9.59 Å². The first-order chi connectivity index (χ1) is 10.9. The third-order valence-electron chi connectivity index (χ3n) is 4.86. The minimum atomic E-state index is -0.375. The average Bonchev–Trinajstić information content (AvgIpc) is 2.95. The maximum absolute atomic E-state index is 12.7. The van der Waals surface area contributed by atoms with Crippen LogP contribution in [-0.2, 0) is 16.1 Å². The molecular weight excluding hydrogens is 360 g/mol. The number of amides is 2. The lowest BCUT2D eigenvalue weighted by atomic mass is 10.1. The van der Waals surface area contributed by atoms with Crippen LogP contribution in [0.5, 0.6) is 0 Å². The van der Waals surface area contributed by atoms with Crippen LogP contribution < -0.4 is 5.32 Å². The quantitative estimate of drug-likeness (QED) is 0.621. The average molecular weight is 381 g/mol. The van der Waals surface area contributed by atoms with Crippen molar-refractivity contribution >= 4 is 34.1 Å². The summed E-state index contributed by atoms with van der Waals surface area (Å²) in [6, 6.07) is 3.43. The lowest BCUT2D eigenvalue weighted by Crippen LogP contribution is -2.43. The van der Waals surface area contributed by atoms with Gasteiger partial charge < -0.3 is 15.1 Å². The van der Waals surface area contributed by atoms with Crippen LogP contribution in [0.2, 0.25) is 0 Å². The zero-order valence-corrected chi connectivity index (χ0v) is 15.1. The Bertz CT molecular complexity index is 637. The number of anilines is 1. The molecular formula is C16H21BrN4O2. The van der Waals surface area contributed by atoms with E-state index in [1.807, 2.05) is 31.1 Å². The number of carbonyl (C=O) groups excluding carboxylic acids is 2. The van der Waals surface area contributed by atoms with Crippen molar-refractivity contribution < 1.29 is 9.59 Å². The van der Waals surface area contributed by atoms with E-state index in [0.29, 0.717) is 35.3 Å². The first-order valence-electron chi connectivity index (χ1n) is 7.74. The maximum atomic E-state index is 12.7. The van der Waals surface area contributed by atoms with Crippen LogP contribution in [0.25, 0.3) is 0 Å². The van der Waals surface area contributed by atoms with Gasteiger partial charge in [-0.15, -0.1) is 0 Å². The van der Waals surface area contributed by atoms with Crippen LogP contribution in [0, 0.1) is 17.8 Å². The minimum absolute atomic E-state index is 0.139. The molecule has 3 rings (SSSR count). The van der Waals surface area contributed by atoms with E-state index < -0.39 is 0 Å². The topological polar surface area (TPSA) is 65.5 Å². The van der Waals surface area contributed by atoms with Crippen molar-refractivity contribution in [3.05, 3.63) is 22.3 Å². The highest BCUT2D eigenvalue weighted by atomic mass is 79.9. The molecule has 1 aromatic heterocycles. The second kappa shape index (κ2) is 6.20. The molecule has 23 heavy (non-hydrogen) atoms. The highest BCUT2D eigenvalue weighted by Gasteiger charge is 2.61. The highest BCUT2D eigenvalue weighted by molar-refractivity contribution is 9.10. The van der Waals surface area contributed by atoms with Crippen molar-refractivity contribution in [3.63, 3.8) is 0 Å². The van der Waals surface area contributed by atoms with E-state index in [1.54, 1.807) is 4.90 Å². The Balaban J connectivity index is 1.79. The van der Waals surface area contributed by atoms with Gasteiger partial charge in [-0.1, -0.05) is 13.0 Å². The first kappa shape index (κ1) is 16.4. The third-order valence-corrected chi connectivity index (χ3v) is 5.30. The number of piperidine rings is 1. The number of halogens is 1. The first-order valence-corrected chi connectivity index (χ1v) is 8.53. The van der Waals surface area contributed by atoms with Crippen LogP contribution in [0.3, 0.4) is 0 Å². The summed E-state index contributed by atoms with van der Waals surface area (Å²) in [4.78, 5) is 32.0. The summed E-state index contributed by atoms with van der Waals surface area (Å²) in [6.45, 7) is 3.51. The molecule has 6 nitrogen and oxygen atoms in total. The molecule has 1 aromatic rings. The van der Waals surface area contributed by atoms with Crippen LogP contribution in [0.1, 0.15) is 12.5 Å². The van der Waals surface area contributed by atoms with Crippen LogP contribution >= 0.6 is 15.9 Å². The Morgan fingerprint density at radius 2 is 2.26 bits per heavy atom. The number of hydrogen-bond donors (Lipinski definition) is 1. The second-order valence-corrected chi connectivity index (χ2v) is 7.53. The second-order valence-electron chi connectivity index (χ2n) is 6.72. The van der Waals surface area contributed by atoms with Gasteiger partial charge in [0.05, 0.1) is 0 Å². The fourth-order valence-electron chi connectivity index (χ4n) is 3.63. The van der Waals surface area contributed by atoms with E-state index in [0.717, 1.165) is 12.0 Å². The number of nitrogens with one attached hydrogen (secondary N) is 1. The summed E-state index contributed by atoms with van der Waals surface area (Å²) < 4.78 is 0.673. The largest absolute Gasteiger partial charge is 0.333 e. The molecule has 2 aliphatic rings. The maximum Gasteiger partial charge on any atom is 0.248 e. The molecule has 3 unspecified atom stereocenters. The van der Waals surface area contributed by atoms with Crippen molar-refractivity contribution in [3.8, 4) is 0 Å². The van der Waals surface area contributed by atoms with Gasteiger partial charge >= 0.3 is 0 Å². The van der Waals surface area contributed by atoms with Crippen molar-refractivity contribution in [2.24, 2.45) is 17.8 Å². The lowest BCUT2D eigenvalue weighted by Gasteiger charge is -2.24. The molecule has 1 N–H and O–H groups in total. The van der Waals surface area contributed by atoms with Gasteiger partial charge in [0.1, 0.15) is 16.5 Å². The van der Waals surface area contributed by atoms with E-state index in [2.05, 4.69) is 33.2 Å². The number of pyridine rings is 1. The summed E-state index contributed by atoms with van der Waals surface area (Å²) in [7, 11) is 3.93. The number of aromatic nitrogens is 1. The Hall–Kier alpha value is -1.47. The number of hydrogen-bond acceptors (Lipinski definition) is 4. The van der Waals surface area contributed by atoms with Gasteiger partial charge in [0.2, 0.25) is 12.3 Å². The third kappa shape index (κ3) is 3.12. The van der Waals surface area contributed by atoms with E-state index in [1.165, 1.54) is 0 Å². The van der Waals surface area contributed by atoms with E-state index >= 15 is 0 Å². The predicted octanol–water partition coefficient (Wildman–Crippen LogP) is 1.57. The molecule has 0 radical (unpaired) electrons. The fourth-order valence-corrected chi connectivity index (χ4v) is 3.94. The molecule has 1 saturated heterocycles. The monoisotopic (exact) mass is 380 g/mol. The molecule has 1 aliphatic heterocycles. The van der Waals surface area contributed by atoms with Gasteiger partial charge in [0.15, 0.2) is 0 Å². The molecule has 2 fully saturated rings. The van der Waals surface area contributed by atoms with Gasteiger partial charge in [0.25, 0.3) is 0 Å². The van der Waals surface area contributed by atoms with Gasteiger partial charge in [-0.05, 0) is 53.8 Å². The molecule has 0 spiro atoms. The van der Waals surface area contributed by atoms with Crippen molar-refractivity contribution in [1.29, 1.82) is 0 Å². The van der Waals surface area contributed by atoms with Crippen LogP contribution in [0.4, 0.5) is 5.82 Å². The van der Waals surface area contributed by atoms with Crippen LogP contribution in [0.15, 0.2) is 16.7 Å². The lowest BCUT2D eigenvalue weighted by molar-refractivity contribution is -0.129. The highest BCUT2D eigenvalue weighted by Crippen LogP contribution is 2.54. The van der Waals surface area contributed by atoms with Gasteiger partial charge in [-0.25, -0.2) is 4.98 Å². The zero-order chi connectivity index (χ0) is 16.7. The standard InChI is InChI=1S/C16H21BrN4O2/c1-9-11-7-21(8-22)14(13(9)11)16(23)19-15-10(6-20(2)3)4-5-12(17)18-15/h4-5,8-9,11,13-14H,6-7H2,1-3H3,(H,18,19,23)/t9?,11?,13?,14-/m0/s1. The Kier molecular flexibility index (Phi) is 4.42. The molecule has 7 heteroatoms. The molecule has 0 aromatic carbocycles. The summed E-state index contributed by atoms with van der Waals surface area (Å²) >= 11 is 3.35. The van der Waals surface area contributed by atoms with E-state index in [9.17, 15) is 9.59 Å². The summed E-state index contributed by atoms with van der Waals surface area (Å²) in [6.07, 6.45) is 0.790. The summed E-state index contributed by atoms with van der Waals surface area (Å²) in [5.41, 5.74) is 0.947. The van der Waals surface area contributed by atoms with Crippen LogP contribution in [-0.4, -0.2) is 53.8 Å². The smallest absolute Gasteiger partial charge is 0.248 e. The summed E-state index contributed by atoms with van der Waals surface area (Å²) in [5, 5.41) is 2.93. The fraction of sp³-hybridized carbons (Fsp3) is 0.562. The Morgan fingerprint density at radius 3 is 2.91 bits per heavy atom. The predicted molar refractivity (Wildman–Crippen MR) is 90.7 cm³/mol. The Labute approximate surface area is 144 Å². The molecule has 0 bridgehead atoms. The number of likely N-dealkylation sites (tertiary alicyclic amines) is 1.